The molecule has 3 nitrogen and oxygen atoms in total. The quantitative estimate of drug-likeness (QED) is 0.915. The van der Waals surface area contributed by atoms with Crippen LogP contribution >= 0.6 is 0 Å². The van der Waals surface area contributed by atoms with Gasteiger partial charge in [-0.05, 0) is 57.1 Å². The summed E-state index contributed by atoms with van der Waals surface area (Å²) >= 11 is 0. The summed E-state index contributed by atoms with van der Waals surface area (Å²) in [6.07, 6.45) is 4.66. The fourth-order valence-electron chi connectivity index (χ4n) is 3.60. The summed E-state index contributed by atoms with van der Waals surface area (Å²) in [6.45, 7) is 3.86. The average Bonchev–Trinajstić information content (AvgIpc) is 3.03. The van der Waals surface area contributed by atoms with Gasteiger partial charge in [-0.3, -0.25) is 4.79 Å². The Bertz CT molecular complexity index is 482. The van der Waals surface area contributed by atoms with Gasteiger partial charge in [-0.15, -0.1) is 0 Å². The second kappa shape index (κ2) is 5.47. The number of amides is 1. The molecule has 2 aliphatic carbocycles. The van der Waals surface area contributed by atoms with Crippen molar-refractivity contribution < 1.29 is 9.53 Å². The fourth-order valence-corrected chi connectivity index (χ4v) is 3.60. The van der Waals surface area contributed by atoms with Gasteiger partial charge in [-0.25, -0.2) is 0 Å². The van der Waals surface area contributed by atoms with Gasteiger partial charge in [0.2, 0.25) is 0 Å². The van der Waals surface area contributed by atoms with Crippen LogP contribution in [0.25, 0.3) is 0 Å². The Labute approximate surface area is 120 Å². The predicted octanol–water partition coefficient (Wildman–Crippen LogP) is 3.07. The van der Waals surface area contributed by atoms with E-state index in [0.29, 0.717) is 12.0 Å². The summed E-state index contributed by atoms with van der Waals surface area (Å²) in [5.41, 5.74) is 1.19. The van der Waals surface area contributed by atoms with Crippen molar-refractivity contribution in [3.63, 3.8) is 0 Å². The van der Waals surface area contributed by atoms with Crippen molar-refractivity contribution in [1.82, 2.24) is 5.32 Å². The van der Waals surface area contributed by atoms with Gasteiger partial charge < -0.3 is 10.1 Å². The zero-order chi connectivity index (χ0) is 14.1. The zero-order valence-corrected chi connectivity index (χ0v) is 12.3. The lowest BCUT2D eigenvalue weighted by Crippen LogP contribution is -2.44. The molecular weight excluding hydrogens is 250 g/mol. The van der Waals surface area contributed by atoms with Crippen LogP contribution in [0.15, 0.2) is 24.3 Å². The molecule has 4 atom stereocenters. The highest BCUT2D eigenvalue weighted by atomic mass is 16.5. The van der Waals surface area contributed by atoms with Crippen LogP contribution in [0.3, 0.4) is 0 Å². The van der Waals surface area contributed by atoms with Crippen molar-refractivity contribution in [3.8, 4) is 5.75 Å². The lowest BCUT2D eigenvalue weighted by Gasteiger charge is -2.24. The third-order valence-corrected chi connectivity index (χ3v) is 4.77. The number of benzene rings is 1. The highest BCUT2D eigenvalue weighted by Crippen LogP contribution is 2.44. The van der Waals surface area contributed by atoms with Gasteiger partial charge in [0.05, 0.1) is 0 Å². The molecule has 2 aliphatic rings. The molecule has 0 heterocycles. The van der Waals surface area contributed by atoms with Gasteiger partial charge in [0.15, 0.2) is 6.10 Å². The van der Waals surface area contributed by atoms with Crippen LogP contribution in [0, 0.1) is 18.8 Å². The number of hydrogen-bond donors (Lipinski definition) is 1. The number of rotatable bonds is 4. The summed E-state index contributed by atoms with van der Waals surface area (Å²) in [4.78, 5) is 12.2. The van der Waals surface area contributed by atoms with E-state index in [0.717, 1.165) is 18.1 Å². The predicted molar refractivity (Wildman–Crippen MR) is 78.6 cm³/mol. The maximum atomic E-state index is 12.2. The standard InChI is InChI=1S/C17H23NO2/c1-11-3-7-15(8-4-11)20-12(2)17(19)18-16-10-13-5-6-14(16)9-13/h3-4,7-8,12-14,16H,5-6,9-10H2,1-2H3,(H,18,19)/t12-,13+,14+,16-/m1/s1. The Morgan fingerprint density at radius 2 is 2.00 bits per heavy atom. The Balaban J connectivity index is 1.53. The Hall–Kier alpha value is -1.51. The monoisotopic (exact) mass is 273 g/mol. The summed E-state index contributed by atoms with van der Waals surface area (Å²) in [5, 5.41) is 3.18. The van der Waals surface area contributed by atoms with Crippen molar-refractivity contribution in [3.05, 3.63) is 29.8 Å². The minimum atomic E-state index is -0.433. The van der Waals surface area contributed by atoms with E-state index in [1.807, 2.05) is 38.1 Å². The molecule has 0 unspecified atom stereocenters. The summed E-state index contributed by atoms with van der Waals surface area (Å²) < 4.78 is 5.71. The van der Waals surface area contributed by atoms with Crippen molar-refractivity contribution in [2.45, 2.75) is 51.7 Å². The first-order valence-electron chi connectivity index (χ1n) is 7.65. The molecule has 1 aromatic carbocycles. The second-order valence-corrected chi connectivity index (χ2v) is 6.36. The van der Waals surface area contributed by atoms with Crippen LogP contribution in [0.5, 0.6) is 5.75 Å². The average molecular weight is 273 g/mol. The van der Waals surface area contributed by atoms with Gasteiger partial charge >= 0.3 is 0 Å². The van der Waals surface area contributed by atoms with E-state index >= 15 is 0 Å². The Kier molecular flexibility index (Phi) is 3.68. The Morgan fingerprint density at radius 1 is 1.25 bits per heavy atom. The number of carbonyl (C=O) groups is 1. The summed E-state index contributed by atoms with van der Waals surface area (Å²) in [6, 6.07) is 8.20. The lowest BCUT2D eigenvalue weighted by atomic mass is 9.95. The van der Waals surface area contributed by atoms with Crippen LogP contribution in [0.4, 0.5) is 0 Å². The van der Waals surface area contributed by atoms with E-state index in [4.69, 9.17) is 4.74 Å². The molecular formula is C17H23NO2. The smallest absolute Gasteiger partial charge is 0.261 e. The minimum Gasteiger partial charge on any atom is -0.481 e. The van der Waals surface area contributed by atoms with Crippen molar-refractivity contribution in [2.75, 3.05) is 0 Å². The molecule has 3 rings (SSSR count). The van der Waals surface area contributed by atoms with Gasteiger partial charge in [-0.2, -0.15) is 0 Å². The van der Waals surface area contributed by atoms with Crippen LogP contribution in [0.1, 0.15) is 38.2 Å². The number of ether oxygens (including phenoxy) is 1. The van der Waals surface area contributed by atoms with Crippen LogP contribution in [-0.2, 0) is 4.79 Å². The maximum absolute atomic E-state index is 12.2. The highest BCUT2D eigenvalue weighted by molar-refractivity contribution is 5.81. The molecule has 0 saturated heterocycles. The SMILES string of the molecule is Cc1ccc(O[C@H](C)C(=O)N[C@@H]2C[C@H]3CC[C@H]2C3)cc1. The first-order chi connectivity index (χ1) is 9.61. The van der Waals surface area contributed by atoms with Crippen LogP contribution < -0.4 is 10.1 Å². The van der Waals surface area contributed by atoms with Crippen molar-refractivity contribution >= 4 is 5.91 Å². The maximum Gasteiger partial charge on any atom is 0.261 e. The number of aryl methyl sites for hydroxylation is 1. The number of hydrogen-bond acceptors (Lipinski definition) is 2. The molecule has 1 N–H and O–H groups in total. The molecule has 0 spiro atoms. The largest absolute Gasteiger partial charge is 0.481 e. The van der Waals surface area contributed by atoms with E-state index in [2.05, 4.69) is 5.32 Å². The van der Waals surface area contributed by atoms with Gasteiger partial charge in [0, 0.05) is 6.04 Å². The molecule has 1 aromatic rings. The molecule has 108 valence electrons. The van der Waals surface area contributed by atoms with Crippen LogP contribution in [-0.4, -0.2) is 18.1 Å². The number of nitrogens with one attached hydrogen (secondary N) is 1. The first kappa shape index (κ1) is 13.5. The number of fused-ring (bicyclic) bond motifs is 2. The molecule has 0 aliphatic heterocycles. The molecule has 2 bridgehead atoms. The minimum absolute atomic E-state index is 0.0168. The molecule has 20 heavy (non-hydrogen) atoms. The summed E-state index contributed by atoms with van der Waals surface area (Å²) in [5.74, 6) is 2.32. The van der Waals surface area contributed by atoms with Gasteiger partial charge in [0.1, 0.15) is 5.75 Å². The lowest BCUT2D eigenvalue weighted by molar-refractivity contribution is -0.128. The van der Waals surface area contributed by atoms with E-state index in [9.17, 15) is 4.79 Å². The Morgan fingerprint density at radius 3 is 2.60 bits per heavy atom. The van der Waals surface area contributed by atoms with Crippen molar-refractivity contribution in [2.24, 2.45) is 11.8 Å². The molecule has 1 amide bonds. The molecule has 3 heteroatoms. The fraction of sp³-hybridized carbons (Fsp3) is 0.588. The van der Waals surface area contributed by atoms with E-state index in [1.165, 1.54) is 24.8 Å². The number of carbonyl (C=O) groups excluding carboxylic acids is 1. The van der Waals surface area contributed by atoms with Crippen molar-refractivity contribution in [1.29, 1.82) is 0 Å². The van der Waals surface area contributed by atoms with Crippen LogP contribution in [0.2, 0.25) is 0 Å². The van der Waals surface area contributed by atoms with E-state index < -0.39 is 6.10 Å². The summed E-state index contributed by atoms with van der Waals surface area (Å²) in [7, 11) is 0. The van der Waals surface area contributed by atoms with E-state index in [-0.39, 0.29) is 5.91 Å². The molecule has 2 fully saturated rings. The molecule has 0 aromatic heterocycles. The molecule has 2 saturated carbocycles. The normalized spacial score (nSPS) is 29.2. The van der Waals surface area contributed by atoms with Gasteiger partial charge in [0.25, 0.3) is 5.91 Å². The van der Waals surface area contributed by atoms with E-state index in [1.54, 1.807) is 0 Å². The van der Waals surface area contributed by atoms with Gasteiger partial charge in [-0.1, -0.05) is 24.1 Å². The third-order valence-electron chi connectivity index (χ3n) is 4.77. The highest BCUT2D eigenvalue weighted by Gasteiger charge is 2.40. The zero-order valence-electron chi connectivity index (χ0n) is 12.3. The third kappa shape index (κ3) is 2.82. The molecule has 0 radical (unpaired) electrons. The second-order valence-electron chi connectivity index (χ2n) is 6.36. The first-order valence-corrected chi connectivity index (χ1v) is 7.65. The topological polar surface area (TPSA) is 38.3 Å².